The first-order chi connectivity index (χ1) is 22.1. The smallest absolute Gasteiger partial charge is 0.264 e. The third-order valence-corrected chi connectivity index (χ3v) is 9.09. The van der Waals surface area contributed by atoms with Crippen molar-refractivity contribution in [3.05, 3.63) is 66.3 Å². The zero-order chi connectivity index (χ0) is 32.5. The Labute approximate surface area is 268 Å². The number of hydrogen-bond donors (Lipinski definition) is 2. The Kier molecular flexibility index (Phi) is 8.63. The van der Waals surface area contributed by atoms with Crippen LogP contribution >= 0.6 is 0 Å². The summed E-state index contributed by atoms with van der Waals surface area (Å²) < 4.78 is 23.6. The lowest BCUT2D eigenvalue weighted by Crippen LogP contribution is -2.53. The standard InChI is InChI=1S/C34H40FN9O2/c1-33(2,43-16-13-38-14-17-43)19-23(20-36)32(45)42-15-7-8-24(21-42)44-31-28(30(37)39-22-40-31)29(41-44)26-10-9-25(18-27(26)35)46-34(3)11-5-4-6-12-34/h4-6,9-11,18-19,22,24,38H,7-8,12-17,21H2,1-3H3,(H2,37,39,40)/b23-19-/t24-,34?/m1/s1. The molecule has 2 atom stereocenters. The first-order valence-electron chi connectivity index (χ1n) is 15.8. The number of rotatable bonds is 7. The molecule has 1 aromatic carbocycles. The van der Waals surface area contributed by atoms with E-state index in [4.69, 9.17) is 15.6 Å². The fourth-order valence-electron chi connectivity index (χ4n) is 6.58. The Balaban J connectivity index is 1.28. The van der Waals surface area contributed by atoms with Crippen molar-refractivity contribution >= 4 is 22.8 Å². The molecule has 3 aromatic rings. The van der Waals surface area contributed by atoms with Gasteiger partial charge >= 0.3 is 0 Å². The quantitative estimate of drug-likeness (QED) is 0.293. The van der Waals surface area contributed by atoms with E-state index in [9.17, 15) is 10.1 Å². The predicted octanol–water partition coefficient (Wildman–Crippen LogP) is 4.17. The number of benzene rings is 1. The van der Waals surface area contributed by atoms with E-state index >= 15 is 4.39 Å². The molecular formula is C34H40FN9O2. The number of nitrogen functional groups attached to an aromatic ring is 1. The molecule has 2 saturated heterocycles. The molecule has 0 bridgehead atoms. The molecule has 3 aliphatic rings. The summed E-state index contributed by atoms with van der Waals surface area (Å²) >= 11 is 0. The molecule has 0 radical (unpaired) electrons. The lowest BCUT2D eigenvalue weighted by atomic mass is 9.97. The van der Waals surface area contributed by atoms with Crippen molar-refractivity contribution in [2.75, 3.05) is 45.0 Å². The van der Waals surface area contributed by atoms with Crippen LogP contribution in [0.1, 0.15) is 46.1 Å². The fraction of sp³-hybridized carbons (Fsp3) is 0.441. The van der Waals surface area contributed by atoms with Gasteiger partial charge in [0.25, 0.3) is 5.91 Å². The number of fused-ring (bicyclic) bond motifs is 1. The van der Waals surface area contributed by atoms with Gasteiger partial charge in [-0.25, -0.2) is 19.0 Å². The molecule has 1 unspecified atom stereocenters. The van der Waals surface area contributed by atoms with Gasteiger partial charge in [0.1, 0.15) is 46.6 Å². The van der Waals surface area contributed by atoms with Crippen LogP contribution < -0.4 is 15.8 Å². The van der Waals surface area contributed by atoms with Crippen LogP contribution in [0.3, 0.4) is 0 Å². The topological polar surface area (TPSA) is 138 Å². The lowest BCUT2D eigenvalue weighted by Gasteiger charge is -2.39. The average Bonchev–Trinajstić information content (AvgIpc) is 3.45. The monoisotopic (exact) mass is 625 g/mol. The van der Waals surface area contributed by atoms with Crippen molar-refractivity contribution in [3.63, 3.8) is 0 Å². The Morgan fingerprint density at radius 2 is 2.04 bits per heavy atom. The van der Waals surface area contributed by atoms with Gasteiger partial charge in [0.2, 0.25) is 0 Å². The molecule has 0 spiro atoms. The number of piperidine rings is 1. The number of amides is 1. The molecule has 0 saturated carbocycles. The maximum absolute atomic E-state index is 15.8. The molecule has 11 nitrogen and oxygen atoms in total. The van der Waals surface area contributed by atoms with E-state index in [2.05, 4.69) is 26.3 Å². The number of ether oxygens (including phenoxy) is 1. The van der Waals surface area contributed by atoms with Crippen molar-refractivity contribution in [2.45, 2.75) is 57.2 Å². The van der Waals surface area contributed by atoms with Crippen LogP contribution in [0.4, 0.5) is 10.2 Å². The number of allylic oxidation sites excluding steroid dienone is 2. The van der Waals surface area contributed by atoms with Crippen LogP contribution in [0.5, 0.6) is 5.75 Å². The minimum Gasteiger partial charge on any atom is -0.483 e. The van der Waals surface area contributed by atoms with E-state index in [0.29, 0.717) is 48.4 Å². The van der Waals surface area contributed by atoms with Gasteiger partial charge in [0.15, 0.2) is 5.65 Å². The van der Waals surface area contributed by atoms with Crippen LogP contribution in [0.15, 0.2) is 60.5 Å². The number of nitrogens with zero attached hydrogens (tertiary/aromatic N) is 7. The number of carbonyl (C=O) groups excluding carboxylic acids is 1. The summed E-state index contributed by atoms with van der Waals surface area (Å²) in [4.78, 5) is 26.4. The van der Waals surface area contributed by atoms with Gasteiger partial charge in [-0.05, 0) is 57.9 Å². The van der Waals surface area contributed by atoms with E-state index in [1.54, 1.807) is 27.8 Å². The van der Waals surface area contributed by atoms with Gasteiger partial charge in [0.05, 0.1) is 11.4 Å². The number of nitrogens with one attached hydrogen (secondary N) is 1. The highest BCUT2D eigenvalue weighted by atomic mass is 19.1. The first kappa shape index (κ1) is 31.4. The van der Waals surface area contributed by atoms with E-state index in [0.717, 1.165) is 32.6 Å². The highest BCUT2D eigenvalue weighted by molar-refractivity contribution is 5.99. The van der Waals surface area contributed by atoms with Gasteiger partial charge in [-0.1, -0.05) is 18.2 Å². The molecule has 3 N–H and O–H groups in total. The van der Waals surface area contributed by atoms with Crippen molar-refractivity contribution in [2.24, 2.45) is 0 Å². The Bertz CT molecular complexity index is 1770. The normalized spacial score (nSPS) is 22.6. The number of likely N-dealkylation sites (tertiary alicyclic amines) is 1. The second kappa shape index (κ2) is 12.7. The highest BCUT2D eigenvalue weighted by Crippen LogP contribution is 2.37. The van der Waals surface area contributed by atoms with E-state index in [1.165, 1.54) is 12.4 Å². The molecule has 46 heavy (non-hydrogen) atoms. The highest BCUT2D eigenvalue weighted by Gasteiger charge is 2.33. The minimum atomic E-state index is -0.569. The Hall–Kier alpha value is -4.60. The van der Waals surface area contributed by atoms with Gasteiger partial charge in [-0.15, -0.1) is 0 Å². The molecule has 6 rings (SSSR count). The van der Waals surface area contributed by atoms with Gasteiger partial charge in [-0.2, -0.15) is 10.4 Å². The van der Waals surface area contributed by atoms with Crippen LogP contribution in [-0.2, 0) is 4.79 Å². The number of anilines is 1. The van der Waals surface area contributed by atoms with Crippen LogP contribution in [0, 0.1) is 17.1 Å². The zero-order valence-corrected chi connectivity index (χ0v) is 26.5. The van der Waals surface area contributed by atoms with Crippen molar-refractivity contribution in [1.82, 2.24) is 34.9 Å². The first-order valence-corrected chi connectivity index (χ1v) is 15.8. The number of halogens is 1. The van der Waals surface area contributed by atoms with E-state index < -0.39 is 17.0 Å². The summed E-state index contributed by atoms with van der Waals surface area (Å²) in [7, 11) is 0. The predicted molar refractivity (Wildman–Crippen MR) is 174 cm³/mol. The second-order valence-corrected chi connectivity index (χ2v) is 12.9. The van der Waals surface area contributed by atoms with Gasteiger partial charge in [0, 0.05) is 62.9 Å². The number of nitriles is 1. The second-order valence-electron chi connectivity index (χ2n) is 12.9. The van der Waals surface area contributed by atoms with Crippen LogP contribution in [-0.4, -0.2) is 85.9 Å². The molecule has 1 amide bonds. The molecule has 1 aliphatic carbocycles. The summed E-state index contributed by atoms with van der Waals surface area (Å²) in [6, 6.07) is 6.61. The van der Waals surface area contributed by atoms with Crippen molar-refractivity contribution < 1.29 is 13.9 Å². The maximum Gasteiger partial charge on any atom is 0.264 e. The zero-order valence-electron chi connectivity index (χ0n) is 26.5. The van der Waals surface area contributed by atoms with Crippen molar-refractivity contribution in [1.29, 1.82) is 5.26 Å². The summed E-state index contributed by atoms with van der Waals surface area (Å²) in [6.07, 6.45) is 13.1. The van der Waals surface area contributed by atoms with Crippen LogP contribution in [0.2, 0.25) is 0 Å². The number of hydrogen-bond acceptors (Lipinski definition) is 9. The number of aromatic nitrogens is 4. The third kappa shape index (κ3) is 6.25. The van der Waals surface area contributed by atoms with E-state index in [-0.39, 0.29) is 28.9 Å². The Morgan fingerprint density at radius 3 is 2.76 bits per heavy atom. The summed E-state index contributed by atoms with van der Waals surface area (Å²) in [5.41, 5.74) is 6.46. The van der Waals surface area contributed by atoms with Crippen LogP contribution in [0.25, 0.3) is 22.3 Å². The van der Waals surface area contributed by atoms with Gasteiger partial charge < -0.3 is 20.7 Å². The lowest BCUT2D eigenvalue weighted by molar-refractivity contribution is -0.128. The molecular weight excluding hydrogens is 585 g/mol. The molecule has 2 fully saturated rings. The summed E-state index contributed by atoms with van der Waals surface area (Å²) in [5, 5.41) is 18.7. The van der Waals surface area contributed by atoms with Gasteiger partial charge in [-0.3, -0.25) is 9.69 Å². The van der Waals surface area contributed by atoms with E-state index in [1.807, 2.05) is 45.1 Å². The molecule has 4 heterocycles. The minimum absolute atomic E-state index is 0.125. The Morgan fingerprint density at radius 1 is 1.24 bits per heavy atom. The number of piperazine rings is 1. The molecule has 12 heteroatoms. The molecule has 2 aliphatic heterocycles. The number of carbonyl (C=O) groups is 1. The largest absolute Gasteiger partial charge is 0.483 e. The average molecular weight is 626 g/mol. The maximum atomic E-state index is 15.8. The summed E-state index contributed by atoms with van der Waals surface area (Å²) in [6.45, 7) is 10.3. The SMILES string of the molecule is CC1(Oc2ccc(-c3nn([C@@H]4CCCN(C(=O)/C(C#N)=C\C(C)(C)N5CCNCC5)C4)c4ncnc(N)c34)c(F)c2)C=CC=CC1. The molecule has 2 aromatic heterocycles. The molecule has 240 valence electrons. The third-order valence-electron chi connectivity index (χ3n) is 9.09. The summed E-state index contributed by atoms with van der Waals surface area (Å²) in [5.74, 6) is -0.228. The number of nitrogens with two attached hydrogens (primary N) is 1. The van der Waals surface area contributed by atoms with Crippen molar-refractivity contribution in [3.8, 4) is 23.1 Å². The fourth-order valence-corrected chi connectivity index (χ4v) is 6.58.